The summed E-state index contributed by atoms with van der Waals surface area (Å²) in [4.78, 5) is 29.9. The van der Waals surface area contributed by atoms with E-state index in [1.54, 1.807) is 48.5 Å². The van der Waals surface area contributed by atoms with Gasteiger partial charge >= 0.3 is 0 Å². The summed E-state index contributed by atoms with van der Waals surface area (Å²) in [7, 11) is -2.92. The first-order valence-corrected chi connectivity index (χ1v) is 17.4. The summed E-state index contributed by atoms with van der Waals surface area (Å²) in [6.45, 7) is 5.56. The lowest BCUT2D eigenvalue weighted by Crippen LogP contribution is -2.53. The molecule has 1 unspecified atom stereocenters. The Kier molecular flexibility index (Phi) is 12.3. The third kappa shape index (κ3) is 9.50. The second kappa shape index (κ2) is 16.2. The minimum Gasteiger partial charge on any atom is -0.495 e. The molecule has 4 rings (SSSR count). The van der Waals surface area contributed by atoms with Crippen molar-refractivity contribution in [3.8, 4) is 5.75 Å². The Morgan fingerprint density at radius 3 is 2.15 bits per heavy atom. The third-order valence-corrected chi connectivity index (χ3v) is 9.74. The van der Waals surface area contributed by atoms with Crippen LogP contribution in [-0.2, 0) is 32.6 Å². The number of halogens is 2. The number of anilines is 1. The number of aryl methyl sites for hydroxylation is 1. The first kappa shape index (κ1) is 35.8. The van der Waals surface area contributed by atoms with E-state index in [1.807, 2.05) is 51.1 Å². The van der Waals surface area contributed by atoms with E-state index in [-0.39, 0.29) is 46.1 Å². The summed E-state index contributed by atoms with van der Waals surface area (Å²) in [5, 5.41) is 3.70. The fraction of sp³-hybridized carbons (Fsp3) is 0.278. The smallest absolute Gasteiger partial charge is 0.264 e. The van der Waals surface area contributed by atoms with Crippen LogP contribution in [-0.4, -0.2) is 51.4 Å². The van der Waals surface area contributed by atoms with Crippen LogP contribution in [0.3, 0.4) is 0 Å². The summed E-state index contributed by atoms with van der Waals surface area (Å²) in [5.41, 5.74) is 2.46. The van der Waals surface area contributed by atoms with Gasteiger partial charge in [-0.1, -0.05) is 97.2 Å². The van der Waals surface area contributed by atoms with E-state index in [0.29, 0.717) is 17.1 Å². The molecule has 0 aliphatic heterocycles. The van der Waals surface area contributed by atoms with Crippen LogP contribution in [0.5, 0.6) is 5.75 Å². The summed E-state index contributed by atoms with van der Waals surface area (Å²) in [5.74, 6) is -0.594. The lowest BCUT2D eigenvalue weighted by molar-refractivity contribution is -0.140. The van der Waals surface area contributed by atoms with Crippen LogP contribution >= 0.6 is 23.2 Å². The van der Waals surface area contributed by atoms with Gasteiger partial charge < -0.3 is 15.0 Å². The standard InChI is InChI=1S/C36H39Cl2N3O5S/c1-25(2)22-39-36(43)33(20-27-9-6-5-7-10-27)40(23-28-11-8-12-29(37)19-28)35(42)24-41(32-21-30(38)15-18-34(32)46-4)47(44,45)31-16-13-26(3)14-17-31/h5-19,21,25,33H,20,22-24H2,1-4H3,(H,39,43). The molecular weight excluding hydrogens is 657 g/mol. The van der Waals surface area contributed by atoms with Gasteiger partial charge in [0.1, 0.15) is 18.3 Å². The molecule has 0 aromatic heterocycles. The van der Waals surface area contributed by atoms with Gasteiger partial charge in [-0.15, -0.1) is 0 Å². The number of methoxy groups -OCH3 is 1. The van der Waals surface area contributed by atoms with Crippen molar-refractivity contribution in [2.45, 2.75) is 44.7 Å². The SMILES string of the molecule is COc1ccc(Cl)cc1N(CC(=O)N(Cc1cccc(Cl)c1)C(Cc1ccccc1)C(=O)NCC(C)C)S(=O)(=O)c1ccc(C)cc1. The van der Waals surface area contributed by atoms with Crippen LogP contribution in [0.25, 0.3) is 0 Å². The topological polar surface area (TPSA) is 96.0 Å². The molecule has 1 N–H and O–H groups in total. The predicted molar refractivity (Wildman–Crippen MR) is 187 cm³/mol. The zero-order valence-corrected chi connectivity index (χ0v) is 29.1. The fourth-order valence-electron chi connectivity index (χ4n) is 5.02. The average Bonchev–Trinajstić information content (AvgIpc) is 3.04. The molecule has 0 aliphatic carbocycles. The monoisotopic (exact) mass is 695 g/mol. The van der Waals surface area contributed by atoms with E-state index in [4.69, 9.17) is 27.9 Å². The van der Waals surface area contributed by atoms with Crippen LogP contribution in [0.15, 0.2) is 102 Å². The van der Waals surface area contributed by atoms with Gasteiger partial charge in [0.2, 0.25) is 11.8 Å². The highest BCUT2D eigenvalue weighted by Gasteiger charge is 2.35. The van der Waals surface area contributed by atoms with Crippen LogP contribution < -0.4 is 14.4 Å². The van der Waals surface area contributed by atoms with E-state index in [9.17, 15) is 18.0 Å². The molecule has 47 heavy (non-hydrogen) atoms. The number of sulfonamides is 1. The first-order chi connectivity index (χ1) is 22.4. The minimum atomic E-state index is -4.33. The molecular formula is C36H39Cl2N3O5S. The van der Waals surface area contributed by atoms with Crippen molar-refractivity contribution in [1.82, 2.24) is 10.2 Å². The van der Waals surface area contributed by atoms with Gasteiger partial charge in [0.05, 0.1) is 17.7 Å². The molecule has 2 amide bonds. The van der Waals surface area contributed by atoms with Gasteiger partial charge in [-0.25, -0.2) is 8.42 Å². The largest absolute Gasteiger partial charge is 0.495 e. The van der Waals surface area contributed by atoms with Gasteiger partial charge in [0, 0.05) is 29.6 Å². The number of hydrogen-bond donors (Lipinski definition) is 1. The van der Waals surface area contributed by atoms with E-state index < -0.39 is 28.5 Å². The predicted octanol–water partition coefficient (Wildman–Crippen LogP) is 6.92. The highest BCUT2D eigenvalue weighted by Crippen LogP contribution is 2.35. The molecule has 0 saturated carbocycles. The molecule has 8 nitrogen and oxygen atoms in total. The molecule has 1 atom stereocenters. The van der Waals surface area contributed by atoms with E-state index in [1.165, 1.54) is 30.2 Å². The Morgan fingerprint density at radius 1 is 0.851 bits per heavy atom. The number of rotatable bonds is 14. The quantitative estimate of drug-likeness (QED) is 0.155. The lowest BCUT2D eigenvalue weighted by atomic mass is 10.0. The number of ether oxygens (including phenoxy) is 1. The maximum atomic E-state index is 14.6. The van der Waals surface area contributed by atoms with Crippen molar-refractivity contribution >= 4 is 50.7 Å². The number of nitrogens with one attached hydrogen (secondary N) is 1. The molecule has 4 aromatic rings. The third-order valence-electron chi connectivity index (χ3n) is 7.50. The van der Waals surface area contributed by atoms with Crippen LogP contribution in [0.4, 0.5) is 5.69 Å². The zero-order valence-electron chi connectivity index (χ0n) is 26.8. The molecule has 248 valence electrons. The second-order valence-electron chi connectivity index (χ2n) is 11.6. The number of hydrogen-bond acceptors (Lipinski definition) is 5. The van der Waals surface area contributed by atoms with Crippen molar-refractivity contribution in [1.29, 1.82) is 0 Å². The van der Waals surface area contributed by atoms with Crippen molar-refractivity contribution in [2.24, 2.45) is 5.92 Å². The van der Waals surface area contributed by atoms with Crippen LogP contribution in [0.2, 0.25) is 10.0 Å². The highest BCUT2D eigenvalue weighted by atomic mass is 35.5. The van der Waals surface area contributed by atoms with Crippen LogP contribution in [0.1, 0.15) is 30.5 Å². The molecule has 0 spiro atoms. The Morgan fingerprint density at radius 2 is 1.51 bits per heavy atom. The Hall–Kier alpha value is -4.05. The molecule has 11 heteroatoms. The minimum absolute atomic E-state index is 0.00288. The van der Waals surface area contributed by atoms with Gasteiger partial charge in [-0.05, 0) is 66.4 Å². The van der Waals surface area contributed by atoms with Gasteiger partial charge in [-0.3, -0.25) is 13.9 Å². The number of benzene rings is 4. The summed E-state index contributed by atoms with van der Waals surface area (Å²) >= 11 is 12.7. The zero-order chi connectivity index (χ0) is 34.1. The number of carbonyl (C=O) groups is 2. The molecule has 0 fully saturated rings. The maximum Gasteiger partial charge on any atom is 0.264 e. The Labute approximate surface area is 287 Å². The number of amides is 2. The number of nitrogens with zero attached hydrogens (tertiary/aromatic N) is 2. The molecule has 0 radical (unpaired) electrons. The molecule has 0 heterocycles. The fourth-order valence-corrected chi connectivity index (χ4v) is 6.81. The molecule has 0 aliphatic rings. The molecule has 4 aromatic carbocycles. The normalized spacial score (nSPS) is 12.0. The van der Waals surface area contributed by atoms with E-state index in [2.05, 4.69) is 5.32 Å². The Bertz CT molecular complexity index is 1780. The summed E-state index contributed by atoms with van der Waals surface area (Å²) in [6.07, 6.45) is 0.197. The van der Waals surface area contributed by atoms with Crippen molar-refractivity contribution < 1.29 is 22.7 Å². The average molecular weight is 697 g/mol. The van der Waals surface area contributed by atoms with Crippen LogP contribution in [0, 0.1) is 12.8 Å². The maximum absolute atomic E-state index is 14.6. The lowest BCUT2D eigenvalue weighted by Gasteiger charge is -2.34. The van der Waals surface area contributed by atoms with Gasteiger partial charge in [-0.2, -0.15) is 0 Å². The highest BCUT2D eigenvalue weighted by molar-refractivity contribution is 7.92. The van der Waals surface area contributed by atoms with Gasteiger partial charge in [0.25, 0.3) is 10.0 Å². The van der Waals surface area contributed by atoms with E-state index in [0.717, 1.165) is 15.4 Å². The summed E-state index contributed by atoms with van der Waals surface area (Å²) < 4.78 is 35.2. The van der Waals surface area contributed by atoms with Crippen molar-refractivity contribution in [3.05, 3.63) is 124 Å². The Balaban J connectivity index is 1.85. The second-order valence-corrected chi connectivity index (χ2v) is 14.4. The first-order valence-electron chi connectivity index (χ1n) is 15.2. The molecule has 0 bridgehead atoms. The van der Waals surface area contributed by atoms with Crippen molar-refractivity contribution in [3.63, 3.8) is 0 Å². The van der Waals surface area contributed by atoms with Gasteiger partial charge in [0.15, 0.2) is 0 Å². The van der Waals surface area contributed by atoms with Crippen molar-refractivity contribution in [2.75, 3.05) is 24.5 Å². The molecule has 0 saturated heterocycles. The van der Waals surface area contributed by atoms with E-state index >= 15 is 0 Å². The number of carbonyl (C=O) groups excluding carboxylic acids is 2. The summed E-state index contributed by atoms with van der Waals surface area (Å²) in [6, 6.07) is 26.3.